The first-order valence-corrected chi connectivity index (χ1v) is 12.3. The highest BCUT2D eigenvalue weighted by Crippen LogP contribution is 2.25. The van der Waals surface area contributed by atoms with Crippen molar-refractivity contribution in [1.82, 2.24) is 14.8 Å². The zero-order valence-corrected chi connectivity index (χ0v) is 21.3. The van der Waals surface area contributed by atoms with Gasteiger partial charge in [-0.25, -0.2) is 4.98 Å². The fourth-order valence-corrected chi connectivity index (χ4v) is 4.53. The number of methoxy groups -OCH3 is 1. The van der Waals surface area contributed by atoms with Gasteiger partial charge in [0.2, 0.25) is 0 Å². The fourth-order valence-electron chi connectivity index (χ4n) is 4.28. The lowest BCUT2D eigenvalue weighted by atomic mass is 10.1. The van der Waals surface area contributed by atoms with E-state index in [9.17, 15) is 4.79 Å². The second kappa shape index (κ2) is 11.7. The number of ether oxygens (including phenoxy) is 2. The van der Waals surface area contributed by atoms with E-state index >= 15 is 0 Å². The van der Waals surface area contributed by atoms with E-state index in [0.717, 1.165) is 42.2 Å². The summed E-state index contributed by atoms with van der Waals surface area (Å²) in [4.78, 5) is 21.4. The summed E-state index contributed by atoms with van der Waals surface area (Å²) in [6.45, 7) is 8.05. The second-order valence-corrected chi connectivity index (χ2v) is 9.36. The number of carbonyl (C=O) groups excluding carboxylic acids is 1. The van der Waals surface area contributed by atoms with Crippen LogP contribution in [0, 0.1) is 13.8 Å². The summed E-state index contributed by atoms with van der Waals surface area (Å²) < 4.78 is 11.9. The molecule has 1 atom stereocenters. The highest BCUT2D eigenvalue weighted by atomic mass is 35.5. The largest absolute Gasteiger partial charge is 0.497 e. The number of rotatable bonds is 8. The molecule has 6 nitrogen and oxygen atoms in total. The van der Waals surface area contributed by atoms with Gasteiger partial charge in [-0.2, -0.15) is 0 Å². The summed E-state index contributed by atoms with van der Waals surface area (Å²) in [7, 11) is 1.68. The standard InChI is InChI=1S/C28H32ClN3O3/c1-20-7-9-22(10-8-20)19-35-26(23-5-4-6-25(16-23)34-3)18-31-11-13-32(14-12-31)28(33)24-15-21(2)30-27(29)17-24/h4-10,15-17,26H,11-14,18-19H2,1-3H3/t26-/m0/s1. The molecule has 4 rings (SSSR count). The Morgan fingerprint density at radius 2 is 1.77 bits per heavy atom. The maximum Gasteiger partial charge on any atom is 0.254 e. The second-order valence-electron chi connectivity index (χ2n) is 8.97. The van der Waals surface area contributed by atoms with Crippen molar-refractivity contribution in [2.45, 2.75) is 26.6 Å². The number of hydrogen-bond acceptors (Lipinski definition) is 5. The van der Waals surface area contributed by atoms with Crippen LogP contribution in [0.1, 0.15) is 38.8 Å². The first-order valence-electron chi connectivity index (χ1n) is 11.9. The van der Waals surface area contributed by atoms with Gasteiger partial charge in [0.15, 0.2) is 0 Å². The summed E-state index contributed by atoms with van der Waals surface area (Å²) >= 11 is 6.06. The van der Waals surface area contributed by atoms with Gasteiger partial charge in [-0.3, -0.25) is 9.69 Å². The lowest BCUT2D eigenvalue weighted by molar-refractivity contribution is 0.00333. The number of hydrogen-bond donors (Lipinski definition) is 0. The molecule has 3 aromatic rings. The summed E-state index contributed by atoms with van der Waals surface area (Å²) in [6, 6.07) is 19.9. The van der Waals surface area contributed by atoms with E-state index in [-0.39, 0.29) is 12.0 Å². The average molecular weight is 494 g/mol. The van der Waals surface area contributed by atoms with Crippen molar-refractivity contribution in [1.29, 1.82) is 0 Å². The third-order valence-corrected chi connectivity index (χ3v) is 6.48. The molecule has 1 aromatic heterocycles. The Kier molecular flexibility index (Phi) is 8.39. The molecular weight excluding hydrogens is 462 g/mol. The van der Waals surface area contributed by atoms with Gasteiger partial charge < -0.3 is 14.4 Å². The van der Waals surface area contributed by atoms with Crippen molar-refractivity contribution in [2.24, 2.45) is 0 Å². The van der Waals surface area contributed by atoms with E-state index < -0.39 is 0 Å². The predicted molar refractivity (Wildman–Crippen MR) is 138 cm³/mol. The third-order valence-electron chi connectivity index (χ3n) is 6.29. The van der Waals surface area contributed by atoms with Crippen LogP contribution in [0.15, 0.2) is 60.7 Å². The summed E-state index contributed by atoms with van der Waals surface area (Å²) in [5, 5.41) is 0.346. The first kappa shape index (κ1) is 25.2. The number of pyridine rings is 1. The maximum absolute atomic E-state index is 13.0. The minimum atomic E-state index is -0.115. The van der Waals surface area contributed by atoms with Crippen LogP contribution >= 0.6 is 11.6 Å². The summed E-state index contributed by atoms with van der Waals surface area (Å²) in [5.74, 6) is 0.810. The third kappa shape index (κ3) is 6.82. The average Bonchev–Trinajstić information content (AvgIpc) is 2.87. The minimum absolute atomic E-state index is 0.00276. The van der Waals surface area contributed by atoms with Crippen LogP contribution in [-0.2, 0) is 11.3 Å². The van der Waals surface area contributed by atoms with E-state index in [1.165, 1.54) is 5.56 Å². The van der Waals surface area contributed by atoms with Crippen molar-refractivity contribution >= 4 is 17.5 Å². The first-order chi connectivity index (χ1) is 16.9. The number of nitrogens with zero attached hydrogens (tertiary/aromatic N) is 3. The molecule has 184 valence electrons. The lowest BCUT2D eigenvalue weighted by Crippen LogP contribution is -2.49. The van der Waals surface area contributed by atoms with Crippen molar-refractivity contribution in [3.8, 4) is 5.75 Å². The molecule has 2 aromatic carbocycles. The lowest BCUT2D eigenvalue weighted by Gasteiger charge is -2.36. The molecule has 1 aliphatic heterocycles. The molecule has 0 radical (unpaired) electrons. The van der Waals surface area contributed by atoms with Crippen molar-refractivity contribution in [3.63, 3.8) is 0 Å². The number of carbonyl (C=O) groups is 1. The number of benzene rings is 2. The zero-order valence-electron chi connectivity index (χ0n) is 20.5. The summed E-state index contributed by atoms with van der Waals surface area (Å²) in [5.41, 5.74) is 4.79. The van der Waals surface area contributed by atoms with Gasteiger partial charge in [-0.15, -0.1) is 0 Å². The van der Waals surface area contributed by atoms with Crippen LogP contribution in [0.3, 0.4) is 0 Å². The van der Waals surface area contributed by atoms with Gasteiger partial charge in [-0.05, 0) is 49.2 Å². The van der Waals surface area contributed by atoms with Crippen LogP contribution in [0.4, 0.5) is 0 Å². The molecule has 35 heavy (non-hydrogen) atoms. The van der Waals surface area contributed by atoms with Gasteiger partial charge in [0.25, 0.3) is 5.91 Å². The van der Waals surface area contributed by atoms with Crippen LogP contribution in [0.2, 0.25) is 5.15 Å². The Morgan fingerprint density at radius 3 is 2.46 bits per heavy atom. The number of halogens is 1. The predicted octanol–water partition coefficient (Wildman–Crippen LogP) is 5.08. The quantitative estimate of drug-likeness (QED) is 0.410. The molecule has 0 N–H and O–H groups in total. The molecular formula is C28H32ClN3O3. The Hall–Kier alpha value is -2.93. The Balaban J connectivity index is 1.41. The number of aromatic nitrogens is 1. The van der Waals surface area contributed by atoms with Crippen LogP contribution in [0.25, 0.3) is 0 Å². The van der Waals surface area contributed by atoms with Crippen LogP contribution in [-0.4, -0.2) is 60.5 Å². The highest BCUT2D eigenvalue weighted by Gasteiger charge is 2.25. The monoisotopic (exact) mass is 493 g/mol. The molecule has 7 heteroatoms. The molecule has 1 aliphatic rings. The smallest absolute Gasteiger partial charge is 0.254 e. The fraction of sp³-hybridized carbons (Fsp3) is 0.357. The molecule has 0 spiro atoms. The Morgan fingerprint density at radius 1 is 1.03 bits per heavy atom. The van der Waals surface area contributed by atoms with Crippen molar-refractivity contribution in [3.05, 3.63) is 93.8 Å². The molecule has 0 saturated carbocycles. The van der Waals surface area contributed by atoms with Crippen LogP contribution < -0.4 is 4.74 Å². The Labute approximate surface area is 212 Å². The van der Waals surface area contributed by atoms with Crippen molar-refractivity contribution < 1.29 is 14.3 Å². The van der Waals surface area contributed by atoms with Gasteiger partial charge in [0.05, 0.1) is 19.8 Å². The van der Waals surface area contributed by atoms with E-state index in [4.69, 9.17) is 21.1 Å². The molecule has 1 amide bonds. The molecule has 0 aliphatic carbocycles. The van der Waals surface area contributed by atoms with Crippen molar-refractivity contribution in [2.75, 3.05) is 39.8 Å². The van der Waals surface area contributed by atoms with Gasteiger partial charge >= 0.3 is 0 Å². The molecule has 1 saturated heterocycles. The highest BCUT2D eigenvalue weighted by molar-refractivity contribution is 6.29. The van der Waals surface area contributed by atoms with E-state index in [1.807, 2.05) is 30.0 Å². The van der Waals surface area contributed by atoms with E-state index in [0.29, 0.717) is 30.4 Å². The van der Waals surface area contributed by atoms with Gasteiger partial charge in [0.1, 0.15) is 10.9 Å². The van der Waals surface area contributed by atoms with Gasteiger partial charge in [0, 0.05) is 44.0 Å². The normalized spacial score (nSPS) is 15.1. The number of piperazine rings is 1. The maximum atomic E-state index is 13.0. The molecule has 0 unspecified atom stereocenters. The molecule has 1 fully saturated rings. The minimum Gasteiger partial charge on any atom is -0.497 e. The van der Waals surface area contributed by atoms with Crippen LogP contribution in [0.5, 0.6) is 5.75 Å². The number of aryl methyl sites for hydroxylation is 2. The molecule has 0 bridgehead atoms. The molecule has 2 heterocycles. The zero-order chi connectivity index (χ0) is 24.8. The van der Waals surface area contributed by atoms with E-state index in [2.05, 4.69) is 47.1 Å². The van der Waals surface area contributed by atoms with E-state index in [1.54, 1.807) is 19.2 Å². The summed E-state index contributed by atoms with van der Waals surface area (Å²) in [6.07, 6.45) is -0.115. The SMILES string of the molecule is COc1cccc([C@H](CN2CCN(C(=O)c3cc(C)nc(Cl)c3)CC2)OCc2ccc(C)cc2)c1. The topological polar surface area (TPSA) is 54.9 Å². The number of amides is 1. The Bertz CT molecular complexity index is 1120. The van der Waals surface area contributed by atoms with Gasteiger partial charge in [-0.1, -0.05) is 53.6 Å².